The molecule has 0 amide bonds. The minimum Gasteiger partial charge on any atom is -0.411 e. The normalized spacial score (nSPS) is 10.8. The van der Waals surface area contributed by atoms with Crippen LogP contribution in [0.25, 0.3) is 22.8 Å². The molecule has 8 nitrogen and oxygen atoms in total. The molecule has 0 fully saturated rings. The molecular formula is C15H10N6O2S. The molecule has 0 saturated heterocycles. The van der Waals surface area contributed by atoms with E-state index in [0.29, 0.717) is 28.6 Å². The smallest absolute Gasteiger partial charge is 0.277 e. The Morgan fingerprint density at radius 3 is 2.33 bits per heavy atom. The van der Waals surface area contributed by atoms with Crippen molar-refractivity contribution in [2.45, 2.75) is 11.0 Å². The lowest BCUT2D eigenvalue weighted by Gasteiger charge is -1.92. The second kappa shape index (κ2) is 6.59. The van der Waals surface area contributed by atoms with Crippen LogP contribution in [0.4, 0.5) is 0 Å². The Morgan fingerprint density at radius 2 is 1.58 bits per heavy atom. The van der Waals surface area contributed by atoms with Crippen molar-refractivity contribution in [3.05, 3.63) is 54.9 Å². The highest BCUT2D eigenvalue weighted by Crippen LogP contribution is 2.25. The van der Waals surface area contributed by atoms with Crippen LogP contribution in [0.5, 0.6) is 0 Å². The summed E-state index contributed by atoms with van der Waals surface area (Å²) in [5, 5.41) is 12.4. The molecule has 0 bridgehead atoms. The molecule has 0 atom stereocenters. The minimum atomic E-state index is 0.436. The van der Waals surface area contributed by atoms with Gasteiger partial charge in [-0.25, -0.2) is 0 Å². The summed E-state index contributed by atoms with van der Waals surface area (Å²) in [5.41, 5.74) is 1.67. The summed E-state index contributed by atoms with van der Waals surface area (Å²) in [5.74, 6) is 1.89. The van der Waals surface area contributed by atoms with Crippen LogP contribution in [0.3, 0.4) is 0 Å². The molecule has 4 rings (SSSR count). The first-order valence-corrected chi connectivity index (χ1v) is 7.97. The van der Waals surface area contributed by atoms with Crippen LogP contribution in [0.15, 0.2) is 63.2 Å². The third-order valence-electron chi connectivity index (χ3n) is 3.06. The Labute approximate surface area is 140 Å². The first kappa shape index (κ1) is 14.5. The van der Waals surface area contributed by atoms with Crippen molar-refractivity contribution < 1.29 is 8.94 Å². The van der Waals surface area contributed by atoms with E-state index in [0.717, 1.165) is 11.1 Å². The van der Waals surface area contributed by atoms with Gasteiger partial charge < -0.3 is 8.94 Å². The van der Waals surface area contributed by atoms with E-state index in [2.05, 4.69) is 30.3 Å². The molecular weight excluding hydrogens is 328 g/mol. The van der Waals surface area contributed by atoms with Crippen LogP contribution in [-0.2, 0) is 5.75 Å². The van der Waals surface area contributed by atoms with Crippen LogP contribution in [-0.4, -0.2) is 30.3 Å². The molecule has 9 heteroatoms. The van der Waals surface area contributed by atoms with Gasteiger partial charge >= 0.3 is 0 Å². The number of thioether (sulfide) groups is 1. The van der Waals surface area contributed by atoms with Crippen molar-refractivity contribution in [2.75, 3.05) is 0 Å². The molecule has 24 heavy (non-hydrogen) atoms. The van der Waals surface area contributed by atoms with Crippen molar-refractivity contribution in [2.24, 2.45) is 0 Å². The Bertz CT molecular complexity index is 848. The molecule has 0 aliphatic heterocycles. The fourth-order valence-corrected chi connectivity index (χ4v) is 2.54. The molecule has 0 unspecified atom stereocenters. The third-order valence-corrected chi connectivity index (χ3v) is 3.86. The average molecular weight is 338 g/mol. The highest BCUT2D eigenvalue weighted by molar-refractivity contribution is 7.98. The Kier molecular flexibility index (Phi) is 3.98. The molecule has 0 saturated carbocycles. The summed E-state index contributed by atoms with van der Waals surface area (Å²) >= 11 is 1.33. The number of nitrogens with zero attached hydrogens (tertiary/aromatic N) is 6. The summed E-state index contributed by atoms with van der Waals surface area (Å²) in [7, 11) is 0. The molecule has 118 valence electrons. The van der Waals surface area contributed by atoms with Gasteiger partial charge in [-0.15, -0.1) is 10.2 Å². The van der Waals surface area contributed by atoms with Gasteiger partial charge in [-0.1, -0.05) is 16.9 Å². The summed E-state index contributed by atoms with van der Waals surface area (Å²) in [6.07, 6.45) is 6.70. The van der Waals surface area contributed by atoms with Gasteiger partial charge in [-0.2, -0.15) is 4.98 Å². The summed E-state index contributed by atoms with van der Waals surface area (Å²) < 4.78 is 10.8. The topological polar surface area (TPSA) is 104 Å². The maximum absolute atomic E-state index is 5.60. The van der Waals surface area contributed by atoms with E-state index in [-0.39, 0.29) is 0 Å². The number of rotatable bonds is 5. The SMILES string of the molecule is c1cc(-c2noc(CSc3nnc(-c4ccncc4)o3)n2)ccn1. The lowest BCUT2D eigenvalue weighted by atomic mass is 10.3. The number of aromatic nitrogens is 6. The molecule has 0 aromatic carbocycles. The lowest BCUT2D eigenvalue weighted by molar-refractivity contribution is 0.391. The van der Waals surface area contributed by atoms with E-state index in [1.54, 1.807) is 36.9 Å². The number of hydrogen-bond donors (Lipinski definition) is 0. The first-order valence-electron chi connectivity index (χ1n) is 6.98. The first-order chi connectivity index (χ1) is 11.9. The second-order valence-corrected chi connectivity index (χ2v) is 5.57. The summed E-state index contributed by atoms with van der Waals surface area (Å²) in [6.45, 7) is 0. The third kappa shape index (κ3) is 3.15. The van der Waals surface area contributed by atoms with E-state index in [4.69, 9.17) is 8.94 Å². The van der Waals surface area contributed by atoms with Gasteiger partial charge in [-0.3, -0.25) is 9.97 Å². The molecule has 0 N–H and O–H groups in total. The molecule has 0 radical (unpaired) electrons. The Hall–Kier alpha value is -3.07. The summed E-state index contributed by atoms with van der Waals surface area (Å²) in [4.78, 5) is 12.2. The second-order valence-electron chi connectivity index (χ2n) is 4.65. The average Bonchev–Trinajstić information content (AvgIpc) is 3.31. The van der Waals surface area contributed by atoms with Crippen LogP contribution >= 0.6 is 11.8 Å². The zero-order valence-electron chi connectivity index (χ0n) is 12.2. The highest BCUT2D eigenvalue weighted by atomic mass is 32.2. The van der Waals surface area contributed by atoms with Gasteiger partial charge in [0.15, 0.2) is 0 Å². The van der Waals surface area contributed by atoms with Gasteiger partial charge in [0.1, 0.15) is 0 Å². The van der Waals surface area contributed by atoms with Crippen LogP contribution in [0, 0.1) is 0 Å². The largest absolute Gasteiger partial charge is 0.411 e. The highest BCUT2D eigenvalue weighted by Gasteiger charge is 2.12. The maximum Gasteiger partial charge on any atom is 0.277 e. The van der Waals surface area contributed by atoms with Crippen molar-refractivity contribution in [3.8, 4) is 22.8 Å². The van der Waals surface area contributed by atoms with Gasteiger partial charge in [0, 0.05) is 35.9 Å². The zero-order valence-corrected chi connectivity index (χ0v) is 13.1. The van der Waals surface area contributed by atoms with Gasteiger partial charge in [0.25, 0.3) is 5.22 Å². The van der Waals surface area contributed by atoms with Crippen molar-refractivity contribution in [1.82, 2.24) is 30.3 Å². The van der Waals surface area contributed by atoms with E-state index in [1.165, 1.54) is 11.8 Å². The molecule has 4 heterocycles. The Morgan fingerprint density at radius 1 is 0.875 bits per heavy atom. The maximum atomic E-state index is 5.60. The van der Waals surface area contributed by atoms with Crippen LogP contribution < -0.4 is 0 Å². The number of hydrogen-bond acceptors (Lipinski definition) is 9. The van der Waals surface area contributed by atoms with Crippen molar-refractivity contribution in [1.29, 1.82) is 0 Å². The fraction of sp³-hybridized carbons (Fsp3) is 0.0667. The summed E-state index contributed by atoms with van der Waals surface area (Å²) in [6, 6.07) is 7.25. The van der Waals surface area contributed by atoms with Gasteiger partial charge in [0.05, 0.1) is 5.75 Å². The van der Waals surface area contributed by atoms with Crippen LogP contribution in [0.1, 0.15) is 5.89 Å². The van der Waals surface area contributed by atoms with Gasteiger partial charge in [0.2, 0.25) is 17.6 Å². The predicted molar refractivity (Wildman–Crippen MR) is 84.6 cm³/mol. The van der Waals surface area contributed by atoms with E-state index < -0.39 is 0 Å². The Balaban J connectivity index is 1.43. The molecule has 0 aliphatic rings. The standard InChI is InChI=1S/C15H10N6O2S/c1-5-16-6-2-10(1)13-18-12(23-21-13)9-24-15-20-19-14(22-15)11-3-7-17-8-4-11/h1-8H,9H2. The predicted octanol–water partition coefficient (Wildman–Crippen LogP) is 2.87. The fourth-order valence-electron chi connectivity index (χ4n) is 1.93. The number of pyridine rings is 2. The molecule has 0 aliphatic carbocycles. The monoisotopic (exact) mass is 338 g/mol. The quantitative estimate of drug-likeness (QED) is 0.508. The van der Waals surface area contributed by atoms with E-state index in [9.17, 15) is 0 Å². The van der Waals surface area contributed by atoms with Crippen molar-refractivity contribution >= 4 is 11.8 Å². The minimum absolute atomic E-state index is 0.436. The molecule has 4 aromatic heterocycles. The van der Waals surface area contributed by atoms with Crippen molar-refractivity contribution in [3.63, 3.8) is 0 Å². The molecule has 0 spiro atoms. The van der Waals surface area contributed by atoms with Gasteiger partial charge in [-0.05, 0) is 24.3 Å². The van der Waals surface area contributed by atoms with E-state index >= 15 is 0 Å². The lowest BCUT2D eigenvalue weighted by Crippen LogP contribution is -1.83. The molecule has 4 aromatic rings. The zero-order chi connectivity index (χ0) is 16.2. The van der Waals surface area contributed by atoms with E-state index in [1.807, 2.05) is 12.1 Å². The van der Waals surface area contributed by atoms with Crippen LogP contribution in [0.2, 0.25) is 0 Å².